The molecule has 0 bridgehead atoms. The third kappa shape index (κ3) is 1.84. The molecule has 0 amide bonds. The van der Waals surface area contributed by atoms with E-state index in [-0.39, 0.29) is 0 Å². The highest BCUT2D eigenvalue weighted by atomic mass is 16.5. The van der Waals surface area contributed by atoms with Crippen LogP contribution in [0, 0.1) is 5.92 Å². The summed E-state index contributed by atoms with van der Waals surface area (Å²) in [5, 5.41) is 0. The zero-order valence-electron chi connectivity index (χ0n) is 8.75. The molecular weight excluding hydrogens is 176 g/mol. The largest absolute Gasteiger partial charge is 0.496 e. The smallest absolute Gasteiger partial charge is 0.125 e. The third-order valence-electron chi connectivity index (χ3n) is 2.72. The molecule has 1 aromatic carbocycles. The van der Waals surface area contributed by atoms with E-state index in [1.54, 1.807) is 14.2 Å². The van der Waals surface area contributed by atoms with Gasteiger partial charge in [0.15, 0.2) is 0 Å². The molecule has 0 atom stereocenters. The molecule has 1 aromatic rings. The second-order valence-electron chi connectivity index (χ2n) is 3.79. The summed E-state index contributed by atoms with van der Waals surface area (Å²) in [7, 11) is 3.43. The van der Waals surface area contributed by atoms with Gasteiger partial charge >= 0.3 is 0 Å². The maximum atomic E-state index is 5.34. The number of rotatable bonds is 4. The molecule has 1 fully saturated rings. The highest BCUT2D eigenvalue weighted by Gasteiger charge is 2.24. The summed E-state index contributed by atoms with van der Waals surface area (Å²) < 4.78 is 10.7. The van der Waals surface area contributed by atoms with Crippen LogP contribution in [-0.4, -0.2) is 14.2 Å². The highest BCUT2D eigenvalue weighted by molar-refractivity contribution is 5.45. The first-order chi connectivity index (χ1) is 6.85. The first-order valence-electron chi connectivity index (χ1n) is 5.05. The summed E-state index contributed by atoms with van der Waals surface area (Å²) in [6.45, 7) is 0. The van der Waals surface area contributed by atoms with Crippen molar-refractivity contribution >= 4 is 0 Å². The molecule has 76 valence electrons. The van der Waals surface area contributed by atoms with E-state index in [1.165, 1.54) is 18.4 Å². The molecule has 0 heterocycles. The van der Waals surface area contributed by atoms with E-state index < -0.39 is 0 Å². The molecule has 0 N–H and O–H groups in total. The Balaban J connectivity index is 2.29. The van der Waals surface area contributed by atoms with Gasteiger partial charge in [-0.25, -0.2) is 0 Å². The van der Waals surface area contributed by atoms with Crippen molar-refractivity contribution in [3.8, 4) is 11.5 Å². The van der Waals surface area contributed by atoms with Crippen molar-refractivity contribution in [1.82, 2.24) is 0 Å². The third-order valence-corrected chi connectivity index (χ3v) is 2.72. The van der Waals surface area contributed by atoms with Crippen LogP contribution < -0.4 is 9.47 Å². The zero-order chi connectivity index (χ0) is 9.97. The van der Waals surface area contributed by atoms with Crippen LogP contribution in [0.4, 0.5) is 0 Å². The quantitative estimate of drug-likeness (QED) is 0.730. The van der Waals surface area contributed by atoms with Crippen molar-refractivity contribution < 1.29 is 9.47 Å². The van der Waals surface area contributed by atoms with E-state index >= 15 is 0 Å². The van der Waals surface area contributed by atoms with Crippen LogP contribution >= 0.6 is 0 Å². The average molecular weight is 192 g/mol. The lowest BCUT2D eigenvalue weighted by atomic mass is 10.1. The van der Waals surface area contributed by atoms with E-state index in [9.17, 15) is 0 Å². The Bertz CT molecular complexity index is 294. The number of methoxy groups -OCH3 is 2. The Morgan fingerprint density at radius 1 is 1.14 bits per heavy atom. The fraction of sp³-hybridized carbons (Fsp3) is 0.500. The van der Waals surface area contributed by atoms with Crippen LogP contribution in [0.1, 0.15) is 18.4 Å². The minimum absolute atomic E-state index is 0.847. The molecule has 0 spiro atoms. The highest BCUT2D eigenvalue weighted by Crippen LogP contribution is 2.38. The SMILES string of the molecule is COc1cccc(OC)c1CC1CC1. The Kier molecular flexibility index (Phi) is 2.62. The van der Waals surface area contributed by atoms with E-state index in [1.807, 2.05) is 18.2 Å². The van der Waals surface area contributed by atoms with Gasteiger partial charge < -0.3 is 9.47 Å². The average Bonchev–Trinajstić information content (AvgIpc) is 3.02. The molecule has 2 rings (SSSR count). The molecular formula is C12H16O2. The topological polar surface area (TPSA) is 18.5 Å². The Labute approximate surface area is 84.8 Å². The number of benzene rings is 1. The summed E-state index contributed by atoms with van der Waals surface area (Å²) in [5.41, 5.74) is 1.22. The van der Waals surface area contributed by atoms with Crippen LogP contribution in [0.3, 0.4) is 0 Å². The van der Waals surface area contributed by atoms with Gasteiger partial charge in [-0.1, -0.05) is 6.07 Å². The molecule has 0 radical (unpaired) electrons. The molecule has 0 unspecified atom stereocenters. The Hall–Kier alpha value is -1.18. The fourth-order valence-electron chi connectivity index (χ4n) is 1.74. The van der Waals surface area contributed by atoms with Gasteiger partial charge in [-0.15, -0.1) is 0 Å². The maximum Gasteiger partial charge on any atom is 0.125 e. The summed E-state index contributed by atoms with van der Waals surface area (Å²) >= 11 is 0. The predicted octanol–water partition coefficient (Wildman–Crippen LogP) is 2.66. The van der Waals surface area contributed by atoms with Crippen molar-refractivity contribution in [3.05, 3.63) is 23.8 Å². The van der Waals surface area contributed by atoms with Gasteiger partial charge in [0, 0.05) is 5.56 Å². The lowest BCUT2D eigenvalue weighted by Gasteiger charge is -2.12. The second-order valence-corrected chi connectivity index (χ2v) is 3.79. The van der Waals surface area contributed by atoms with Gasteiger partial charge in [-0.3, -0.25) is 0 Å². The molecule has 2 heteroatoms. The molecule has 0 aliphatic heterocycles. The van der Waals surface area contributed by atoms with Gasteiger partial charge in [0.25, 0.3) is 0 Å². The molecule has 14 heavy (non-hydrogen) atoms. The number of ether oxygens (including phenoxy) is 2. The van der Waals surface area contributed by atoms with E-state index in [2.05, 4.69) is 0 Å². The normalized spacial score (nSPS) is 15.3. The van der Waals surface area contributed by atoms with Crippen LogP contribution in [-0.2, 0) is 6.42 Å². The Morgan fingerprint density at radius 2 is 1.71 bits per heavy atom. The molecule has 2 nitrogen and oxygen atoms in total. The summed E-state index contributed by atoms with van der Waals surface area (Å²) in [5.74, 6) is 2.76. The minimum Gasteiger partial charge on any atom is -0.496 e. The summed E-state index contributed by atoms with van der Waals surface area (Å²) in [6.07, 6.45) is 3.79. The zero-order valence-corrected chi connectivity index (χ0v) is 8.75. The van der Waals surface area contributed by atoms with E-state index in [0.717, 1.165) is 23.8 Å². The van der Waals surface area contributed by atoms with Crippen molar-refractivity contribution in [2.45, 2.75) is 19.3 Å². The standard InChI is InChI=1S/C12H16O2/c1-13-11-4-3-5-12(14-2)10(11)8-9-6-7-9/h3-5,9H,6-8H2,1-2H3. The van der Waals surface area contributed by atoms with Gasteiger partial charge in [-0.05, 0) is 37.3 Å². The van der Waals surface area contributed by atoms with E-state index in [0.29, 0.717) is 0 Å². The van der Waals surface area contributed by atoms with Crippen molar-refractivity contribution in [3.63, 3.8) is 0 Å². The first kappa shape index (κ1) is 9.38. The monoisotopic (exact) mass is 192 g/mol. The van der Waals surface area contributed by atoms with Gasteiger partial charge in [0.2, 0.25) is 0 Å². The van der Waals surface area contributed by atoms with Crippen LogP contribution in [0.25, 0.3) is 0 Å². The molecule has 1 saturated carbocycles. The molecule has 0 saturated heterocycles. The molecule has 1 aliphatic rings. The summed E-state index contributed by atoms with van der Waals surface area (Å²) in [4.78, 5) is 0. The number of hydrogen-bond donors (Lipinski definition) is 0. The van der Waals surface area contributed by atoms with Crippen molar-refractivity contribution in [2.75, 3.05) is 14.2 Å². The predicted molar refractivity (Wildman–Crippen MR) is 56.0 cm³/mol. The van der Waals surface area contributed by atoms with Crippen LogP contribution in [0.5, 0.6) is 11.5 Å². The summed E-state index contributed by atoms with van der Waals surface area (Å²) in [6, 6.07) is 5.97. The van der Waals surface area contributed by atoms with E-state index in [4.69, 9.17) is 9.47 Å². The molecule has 0 aromatic heterocycles. The van der Waals surface area contributed by atoms with Gasteiger partial charge in [0.05, 0.1) is 14.2 Å². The maximum absolute atomic E-state index is 5.34. The first-order valence-corrected chi connectivity index (χ1v) is 5.05. The van der Waals surface area contributed by atoms with Crippen molar-refractivity contribution in [2.24, 2.45) is 5.92 Å². The van der Waals surface area contributed by atoms with Gasteiger partial charge in [0.1, 0.15) is 11.5 Å². The lowest BCUT2D eigenvalue weighted by molar-refractivity contribution is 0.384. The number of hydrogen-bond acceptors (Lipinski definition) is 2. The molecule has 1 aliphatic carbocycles. The van der Waals surface area contributed by atoms with Gasteiger partial charge in [-0.2, -0.15) is 0 Å². The minimum atomic E-state index is 0.847. The second kappa shape index (κ2) is 3.91. The fourth-order valence-corrected chi connectivity index (χ4v) is 1.74. The Morgan fingerprint density at radius 3 is 2.14 bits per heavy atom. The van der Waals surface area contributed by atoms with Crippen LogP contribution in [0.15, 0.2) is 18.2 Å². The lowest BCUT2D eigenvalue weighted by Crippen LogP contribution is -1.97. The van der Waals surface area contributed by atoms with Crippen molar-refractivity contribution in [1.29, 1.82) is 0 Å². The van der Waals surface area contributed by atoms with Crippen LogP contribution in [0.2, 0.25) is 0 Å².